The van der Waals surface area contributed by atoms with Crippen LogP contribution < -0.4 is 15.2 Å². The van der Waals surface area contributed by atoms with Crippen LogP contribution in [0.15, 0.2) is 48.5 Å². The second-order valence-electron chi connectivity index (χ2n) is 4.70. The summed E-state index contributed by atoms with van der Waals surface area (Å²) in [5, 5.41) is 0. The minimum Gasteiger partial charge on any atom is -0.494 e. The van der Waals surface area contributed by atoms with Crippen LogP contribution in [0.25, 0.3) is 0 Å². The fraction of sp³-hybridized carbons (Fsp3) is 0.294. The molecule has 2 aromatic carbocycles. The van der Waals surface area contributed by atoms with E-state index in [0.29, 0.717) is 6.61 Å². The largest absolute Gasteiger partial charge is 0.494 e. The molecule has 2 rings (SSSR count). The average molecular weight is 271 g/mol. The molecule has 0 heterocycles. The molecule has 0 radical (unpaired) electrons. The molecule has 0 aliphatic heterocycles. The van der Waals surface area contributed by atoms with E-state index in [1.807, 2.05) is 48.5 Å². The van der Waals surface area contributed by atoms with Crippen molar-refractivity contribution in [3.05, 3.63) is 54.1 Å². The van der Waals surface area contributed by atoms with Gasteiger partial charge in [-0.2, -0.15) is 0 Å². The second-order valence-corrected chi connectivity index (χ2v) is 4.70. The monoisotopic (exact) mass is 271 g/mol. The van der Waals surface area contributed by atoms with Crippen molar-refractivity contribution in [2.75, 3.05) is 12.3 Å². The highest BCUT2D eigenvalue weighted by Gasteiger charge is 1.98. The van der Waals surface area contributed by atoms with Gasteiger partial charge in [0.25, 0.3) is 0 Å². The summed E-state index contributed by atoms with van der Waals surface area (Å²) in [5.41, 5.74) is 7.49. The molecule has 2 aromatic rings. The average Bonchev–Trinajstić information content (AvgIpc) is 2.48. The fourth-order valence-corrected chi connectivity index (χ4v) is 1.75. The third-order valence-corrected chi connectivity index (χ3v) is 2.98. The van der Waals surface area contributed by atoms with Gasteiger partial charge in [-0.25, -0.2) is 0 Å². The topological polar surface area (TPSA) is 44.5 Å². The number of hydrogen-bond acceptors (Lipinski definition) is 3. The van der Waals surface area contributed by atoms with Crippen LogP contribution in [-0.4, -0.2) is 6.61 Å². The Labute approximate surface area is 120 Å². The highest BCUT2D eigenvalue weighted by atomic mass is 16.5. The molecule has 0 fully saturated rings. The number of anilines is 1. The standard InChI is InChI=1S/C17H21NO2/c1-2-3-12-19-16-8-4-14(5-9-16)13-20-17-10-6-15(18)7-11-17/h4-11H,2-3,12-13,18H2,1H3. The molecule has 3 heteroatoms. The van der Waals surface area contributed by atoms with Crippen molar-refractivity contribution >= 4 is 5.69 Å². The first-order valence-corrected chi connectivity index (χ1v) is 6.98. The van der Waals surface area contributed by atoms with E-state index < -0.39 is 0 Å². The Kier molecular flexibility index (Phi) is 5.30. The van der Waals surface area contributed by atoms with Crippen molar-refractivity contribution in [1.29, 1.82) is 0 Å². The van der Waals surface area contributed by atoms with Crippen LogP contribution in [0.2, 0.25) is 0 Å². The minimum atomic E-state index is 0.541. The summed E-state index contributed by atoms with van der Waals surface area (Å²) in [5.74, 6) is 1.73. The molecule has 106 valence electrons. The Morgan fingerprint density at radius 3 is 2.10 bits per heavy atom. The molecule has 2 N–H and O–H groups in total. The minimum absolute atomic E-state index is 0.541. The SMILES string of the molecule is CCCCOc1ccc(COc2ccc(N)cc2)cc1. The van der Waals surface area contributed by atoms with E-state index in [1.54, 1.807) is 0 Å². The fourth-order valence-electron chi connectivity index (χ4n) is 1.75. The van der Waals surface area contributed by atoms with E-state index in [4.69, 9.17) is 15.2 Å². The van der Waals surface area contributed by atoms with Crippen molar-refractivity contribution in [3.8, 4) is 11.5 Å². The van der Waals surface area contributed by atoms with Gasteiger partial charge in [0.2, 0.25) is 0 Å². The van der Waals surface area contributed by atoms with Crippen molar-refractivity contribution in [1.82, 2.24) is 0 Å². The Bertz CT molecular complexity index is 506. The maximum atomic E-state index is 5.69. The highest BCUT2D eigenvalue weighted by Crippen LogP contribution is 2.17. The first kappa shape index (κ1) is 14.3. The van der Waals surface area contributed by atoms with Crippen LogP contribution in [0.4, 0.5) is 5.69 Å². The van der Waals surface area contributed by atoms with Gasteiger partial charge in [0.1, 0.15) is 18.1 Å². The zero-order valence-electron chi connectivity index (χ0n) is 11.8. The summed E-state index contributed by atoms with van der Waals surface area (Å²) in [6.07, 6.45) is 2.23. The van der Waals surface area contributed by atoms with Crippen LogP contribution in [0, 0.1) is 0 Å². The second kappa shape index (κ2) is 7.43. The van der Waals surface area contributed by atoms with Gasteiger partial charge >= 0.3 is 0 Å². The number of ether oxygens (including phenoxy) is 2. The smallest absolute Gasteiger partial charge is 0.119 e. The lowest BCUT2D eigenvalue weighted by molar-refractivity contribution is 0.302. The summed E-state index contributed by atoms with van der Waals surface area (Å²) < 4.78 is 11.3. The van der Waals surface area contributed by atoms with Gasteiger partial charge in [0, 0.05) is 5.69 Å². The van der Waals surface area contributed by atoms with E-state index >= 15 is 0 Å². The number of nitrogens with two attached hydrogens (primary N) is 1. The zero-order chi connectivity index (χ0) is 14.2. The van der Waals surface area contributed by atoms with Gasteiger partial charge in [-0.05, 0) is 48.4 Å². The van der Waals surface area contributed by atoms with Crippen LogP contribution in [0.1, 0.15) is 25.3 Å². The predicted octanol–water partition coefficient (Wildman–Crippen LogP) is 4.03. The third-order valence-electron chi connectivity index (χ3n) is 2.98. The summed E-state index contributed by atoms with van der Waals surface area (Å²) >= 11 is 0. The predicted molar refractivity (Wildman–Crippen MR) is 82.0 cm³/mol. The van der Waals surface area contributed by atoms with Gasteiger partial charge < -0.3 is 15.2 Å². The Hall–Kier alpha value is -2.16. The molecule has 0 aliphatic rings. The van der Waals surface area contributed by atoms with E-state index in [9.17, 15) is 0 Å². The summed E-state index contributed by atoms with van der Waals surface area (Å²) in [7, 11) is 0. The number of hydrogen-bond donors (Lipinski definition) is 1. The van der Waals surface area contributed by atoms with Crippen LogP contribution in [0.3, 0.4) is 0 Å². The Balaban J connectivity index is 1.82. The van der Waals surface area contributed by atoms with Gasteiger partial charge in [-0.15, -0.1) is 0 Å². The summed E-state index contributed by atoms with van der Waals surface area (Å²) in [4.78, 5) is 0. The molecule has 0 spiro atoms. The maximum Gasteiger partial charge on any atom is 0.119 e. The molecule has 20 heavy (non-hydrogen) atoms. The molecule has 0 bridgehead atoms. The molecule has 0 aliphatic carbocycles. The number of unbranched alkanes of at least 4 members (excludes halogenated alkanes) is 1. The van der Waals surface area contributed by atoms with Crippen LogP contribution in [-0.2, 0) is 6.61 Å². The molecular weight excluding hydrogens is 250 g/mol. The number of nitrogen functional groups attached to an aromatic ring is 1. The molecule has 0 unspecified atom stereocenters. The molecular formula is C17H21NO2. The summed E-state index contributed by atoms with van der Waals surface area (Å²) in [6, 6.07) is 15.4. The van der Waals surface area contributed by atoms with Gasteiger partial charge in [0.15, 0.2) is 0 Å². The van der Waals surface area contributed by atoms with E-state index in [0.717, 1.165) is 42.2 Å². The quantitative estimate of drug-likeness (QED) is 0.611. The molecule has 3 nitrogen and oxygen atoms in total. The first-order valence-electron chi connectivity index (χ1n) is 6.98. The van der Waals surface area contributed by atoms with Crippen molar-refractivity contribution < 1.29 is 9.47 Å². The van der Waals surface area contributed by atoms with Crippen molar-refractivity contribution in [3.63, 3.8) is 0 Å². The number of benzene rings is 2. The van der Waals surface area contributed by atoms with Crippen LogP contribution in [0.5, 0.6) is 11.5 Å². The first-order chi connectivity index (χ1) is 9.78. The lowest BCUT2D eigenvalue weighted by Crippen LogP contribution is -1.98. The zero-order valence-corrected chi connectivity index (χ0v) is 11.8. The van der Waals surface area contributed by atoms with Gasteiger partial charge in [0.05, 0.1) is 6.61 Å². The summed E-state index contributed by atoms with van der Waals surface area (Å²) in [6.45, 7) is 3.47. The lowest BCUT2D eigenvalue weighted by atomic mass is 10.2. The van der Waals surface area contributed by atoms with Gasteiger partial charge in [-0.1, -0.05) is 25.5 Å². The molecule has 0 amide bonds. The Morgan fingerprint density at radius 1 is 0.850 bits per heavy atom. The van der Waals surface area contributed by atoms with Crippen LogP contribution >= 0.6 is 0 Å². The maximum absolute atomic E-state index is 5.69. The highest BCUT2D eigenvalue weighted by molar-refractivity contribution is 5.41. The van der Waals surface area contributed by atoms with E-state index in [-0.39, 0.29) is 0 Å². The molecule has 0 aromatic heterocycles. The van der Waals surface area contributed by atoms with E-state index in [1.165, 1.54) is 0 Å². The molecule has 0 saturated heterocycles. The molecule has 0 saturated carbocycles. The molecule has 0 atom stereocenters. The van der Waals surface area contributed by atoms with E-state index in [2.05, 4.69) is 6.92 Å². The van der Waals surface area contributed by atoms with Gasteiger partial charge in [-0.3, -0.25) is 0 Å². The van der Waals surface area contributed by atoms with Crippen molar-refractivity contribution in [2.45, 2.75) is 26.4 Å². The van der Waals surface area contributed by atoms with Crippen molar-refractivity contribution in [2.24, 2.45) is 0 Å². The lowest BCUT2D eigenvalue weighted by Gasteiger charge is -2.08. The number of rotatable bonds is 7. The third kappa shape index (κ3) is 4.50. The Morgan fingerprint density at radius 2 is 1.45 bits per heavy atom. The normalized spacial score (nSPS) is 10.2.